The zero-order valence-corrected chi connectivity index (χ0v) is 10.2. The van der Waals surface area contributed by atoms with Crippen molar-refractivity contribution in [2.24, 2.45) is 0 Å². The van der Waals surface area contributed by atoms with Crippen molar-refractivity contribution < 1.29 is 0 Å². The second kappa shape index (κ2) is 4.32. The molecule has 0 unspecified atom stereocenters. The number of anilines is 1. The molecular formula is C12H10Cl2N2. The Hall–Kier alpha value is -1.25. The topological polar surface area (TPSA) is 38.9 Å². The van der Waals surface area contributed by atoms with Crippen molar-refractivity contribution in [1.29, 1.82) is 0 Å². The van der Waals surface area contributed by atoms with Gasteiger partial charge in [0.25, 0.3) is 0 Å². The van der Waals surface area contributed by atoms with Gasteiger partial charge in [-0.2, -0.15) is 0 Å². The third-order valence-corrected chi connectivity index (χ3v) is 2.92. The maximum Gasteiger partial charge on any atom is 0.123 e. The molecule has 4 heteroatoms. The first kappa shape index (κ1) is 11.2. The Labute approximate surface area is 104 Å². The zero-order valence-electron chi connectivity index (χ0n) is 8.67. The molecule has 0 aliphatic rings. The van der Waals surface area contributed by atoms with Crippen LogP contribution in [0.5, 0.6) is 0 Å². The van der Waals surface area contributed by atoms with Gasteiger partial charge in [-0.15, -0.1) is 0 Å². The first-order chi connectivity index (χ1) is 7.58. The molecule has 0 aliphatic heterocycles. The summed E-state index contributed by atoms with van der Waals surface area (Å²) >= 11 is 12.1. The monoisotopic (exact) mass is 252 g/mol. The summed E-state index contributed by atoms with van der Waals surface area (Å²) in [5, 5.41) is 1.30. The first-order valence-corrected chi connectivity index (χ1v) is 5.51. The molecule has 0 bridgehead atoms. The van der Waals surface area contributed by atoms with Crippen LogP contribution in [0.2, 0.25) is 10.0 Å². The van der Waals surface area contributed by atoms with Crippen LogP contribution in [0, 0.1) is 6.92 Å². The Morgan fingerprint density at radius 1 is 1.12 bits per heavy atom. The van der Waals surface area contributed by atoms with Gasteiger partial charge in [-0.3, -0.25) is 0 Å². The number of rotatable bonds is 1. The molecule has 0 saturated carbocycles. The average molecular weight is 253 g/mol. The molecule has 2 rings (SSSR count). The van der Waals surface area contributed by atoms with E-state index in [-0.39, 0.29) is 0 Å². The number of nitrogens with zero attached hydrogens (tertiary/aromatic N) is 1. The predicted molar refractivity (Wildman–Crippen MR) is 68.8 cm³/mol. The first-order valence-electron chi connectivity index (χ1n) is 4.75. The number of halogens is 2. The number of hydrogen-bond donors (Lipinski definition) is 1. The molecule has 2 aromatic rings. The normalized spacial score (nSPS) is 10.4. The van der Waals surface area contributed by atoms with Crippen molar-refractivity contribution >= 4 is 29.0 Å². The molecular weight excluding hydrogens is 243 g/mol. The van der Waals surface area contributed by atoms with Gasteiger partial charge in [0.1, 0.15) is 5.82 Å². The van der Waals surface area contributed by atoms with E-state index in [0.717, 1.165) is 16.7 Å². The van der Waals surface area contributed by atoms with Crippen LogP contribution in [0.15, 0.2) is 30.5 Å². The summed E-state index contributed by atoms with van der Waals surface area (Å²) in [6.45, 7) is 1.96. The second-order valence-corrected chi connectivity index (χ2v) is 4.39. The van der Waals surface area contributed by atoms with E-state index in [9.17, 15) is 0 Å². The summed E-state index contributed by atoms with van der Waals surface area (Å²) < 4.78 is 0. The molecule has 0 aliphatic carbocycles. The Balaban J connectivity index is 2.62. The smallest absolute Gasteiger partial charge is 0.123 e. The van der Waals surface area contributed by atoms with E-state index in [1.54, 1.807) is 18.3 Å². The number of aryl methyl sites for hydroxylation is 1. The highest BCUT2D eigenvalue weighted by molar-refractivity contribution is 6.35. The quantitative estimate of drug-likeness (QED) is 0.835. The molecule has 1 heterocycles. The van der Waals surface area contributed by atoms with Gasteiger partial charge >= 0.3 is 0 Å². The fraction of sp³-hybridized carbons (Fsp3) is 0.0833. The van der Waals surface area contributed by atoms with Gasteiger partial charge in [0.15, 0.2) is 0 Å². The van der Waals surface area contributed by atoms with E-state index < -0.39 is 0 Å². The van der Waals surface area contributed by atoms with E-state index in [1.165, 1.54) is 0 Å². The highest BCUT2D eigenvalue weighted by Crippen LogP contribution is 2.32. The number of aromatic nitrogens is 1. The van der Waals surface area contributed by atoms with Crippen molar-refractivity contribution in [2.45, 2.75) is 6.92 Å². The maximum absolute atomic E-state index is 6.12. The second-order valence-electron chi connectivity index (χ2n) is 3.55. The Morgan fingerprint density at radius 2 is 1.88 bits per heavy atom. The highest BCUT2D eigenvalue weighted by Gasteiger charge is 2.08. The molecule has 0 atom stereocenters. The summed E-state index contributed by atoms with van der Waals surface area (Å²) in [5.41, 5.74) is 8.45. The minimum atomic E-state index is 0.499. The summed E-state index contributed by atoms with van der Waals surface area (Å²) in [5.74, 6) is 0.499. The molecule has 1 aromatic heterocycles. The lowest BCUT2D eigenvalue weighted by Crippen LogP contribution is -1.93. The number of hydrogen-bond acceptors (Lipinski definition) is 2. The van der Waals surface area contributed by atoms with Gasteiger partial charge in [0, 0.05) is 27.4 Å². The number of nitrogen functional groups attached to an aromatic ring is 1. The molecule has 2 N–H and O–H groups in total. The third-order valence-electron chi connectivity index (χ3n) is 2.35. The lowest BCUT2D eigenvalue weighted by molar-refractivity contribution is 1.29. The Morgan fingerprint density at radius 3 is 2.56 bits per heavy atom. The fourth-order valence-corrected chi connectivity index (χ4v) is 1.96. The molecule has 0 fully saturated rings. The van der Waals surface area contributed by atoms with E-state index in [0.29, 0.717) is 15.9 Å². The van der Waals surface area contributed by atoms with Crippen LogP contribution in [0.1, 0.15) is 5.56 Å². The van der Waals surface area contributed by atoms with Crippen LogP contribution in [-0.2, 0) is 0 Å². The average Bonchev–Trinajstić information content (AvgIpc) is 2.22. The van der Waals surface area contributed by atoms with Gasteiger partial charge in [0.05, 0.1) is 0 Å². The molecule has 0 saturated heterocycles. The molecule has 82 valence electrons. The van der Waals surface area contributed by atoms with Crippen LogP contribution in [-0.4, -0.2) is 4.98 Å². The SMILES string of the molecule is Cc1cc(N)ncc1-c1cc(Cl)ccc1Cl. The summed E-state index contributed by atoms with van der Waals surface area (Å²) in [6.07, 6.45) is 1.71. The van der Waals surface area contributed by atoms with Crippen LogP contribution in [0.4, 0.5) is 5.82 Å². The lowest BCUT2D eigenvalue weighted by atomic mass is 10.0. The van der Waals surface area contributed by atoms with E-state index in [2.05, 4.69) is 4.98 Å². The highest BCUT2D eigenvalue weighted by atomic mass is 35.5. The Bertz CT molecular complexity index is 539. The minimum Gasteiger partial charge on any atom is -0.384 e. The van der Waals surface area contributed by atoms with Crippen molar-refractivity contribution in [3.63, 3.8) is 0 Å². The van der Waals surface area contributed by atoms with E-state index >= 15 is 0 Å². The van der Waals surface area contributed by atoms with Gasteiger partial charge in [0.2, 0.25) is 0 Å². The predicted octanol–water partition coefficient (Wildman–Crippen LogP) is 3.95. The summed E-state index contributed by atoms with van der Waals surface area (Å²) in [7, 11) is 0. The van der Waals surface area contributed by atoms with E-state index in [1.807, 2.05) is 19.1 Å². The number of nitrogens with two attached hydrogens (primary N) is 1. The van der Waals surface area contributed by atoms with Crippen LogP contribution in [0.3, 0.4) is 0 Å². The largest absolute Gasteiger partial charge is 0.384 e. The zero-order chi connectivity index (χ0) is 11.7. The molecule has 0 spiro atoms. The van der Waals surface area contributed by atoms with Gasteiger partial charge in [-0.1, -0.05) is 23.2 Å². The van der Waals surface area contributed by atoms with Crippen molar-refractivity contribution in [2.75, 3.05) is 5.73 Å². The van der Waals surface area contributed by atoms with E-state index in [4.69, 9.17) is 28.9 Å². The third kappa shape index (κ3) is 2.13. The minimum absolute atomic E-state index is 0.499. The molecule has 0 amide bonds. The molecule has 16 heavy (non-hydrogen) atoms. The van der Waals surface area contributed by atoms with Gasteiger partial charge in [-0.05, 0) is 36.8 Å². The molecule has 2 nitrogen and oxygen atoms in total. The van der Waals surface area contributed by atoms with Crippen molar-refractivity contribution in [3.05, 3.63) is 46.1 Å². The van der Waals surface area contributed by atoms with Crippen LogP contribution in [0.25, 0.3) is 11.1 Å². The standard InChI is InChI=1S/C12H10Cl2N2/c1-7-4-12(15)16-6-10(7)9-5-8(13)2-3-11(9)14/h2-6H,1H3,(H2,15,16). The fourth-order valence-electron chi connectivity index (χ4n) is 1.56. The summed E-state index contributed by atoms with van der Waals surface area (Å²) in [6, 6.07) is 7.17. The van der Waals surface area contributed by atoms with Crippen molar-refractivity contribution in [3.8, 4) is 11.1 Å². The van der Waals surface area contributed by atoms with Crippen LogP contribution >= 0.6 is 23.2 Å². The maximum atomic E-state index is 6.12. The number of pyridine rings is 1. The van der Waals surface area contributed by atoms with Gasteiger partial charge < -0.3 is 5.73 Å². The summed E-state index contributed by atoms with van der Waals surface area (Å²) in [4.78, 5) is 4.06. The lowest BCUT2D eigenvalue weighted by Gasteiger charge is -2.08. The van der Waals surface area contributed by atoms with Crippen LogP contribution < -0.4 is 5.73 Å². The van der Waals surface area contributed by atoms with Crippen molar-refractivity contribution in [1.82, 2.24) is 4.98 Å². The molecule has 0 radical (unpaired) electrons. The van der Waals surface area contributed by atoms with Gasteiger partial charge in [-0.25, -0.2) is 4.98 Å². The molecule has 1 aromatic carbocycles. The number of benzene rings is 1. The Kier molecular flexibility index (Phi) is 3.03.